The van der Waals surface area contributed by atoms with E-state index in [1.54, 1.807) is 6.08 Å². The quantitative estimate of drug-likeness (QED) is 0.349. The highest BCUT2D eigenvalue weighted by Gasteiger charge is 2.30. The molecule has 0 unspecified atom stereocenters. The van der Waals surface area contributed by atoms with Crippen molar-refractivity contribution in [1.29, 1.82) is 5.26 Å². The number of ether oxygens (including phenoxy) is 1. The molecule has 0 heterocycles. The average molecular weight is 408 g/mol. The number of carbonyl (C=O) groups excluding carboxylic acids is 1. The molecule has 162 valence electrons. The lowest BCUT2D eigenvalue weighted by molar-refractivity contribution is -0.157. The Bertz CT molecular complexity index is 714. The maximum absolute atomic E-state index is 12.7. The van der Waals surface area contributed by atoms with E-state index in [2.05, 4.69) is 31.2 Å². The largest absolute Gasteiger partial charge is 0.462 e. The van der Waals surface area contributed by atoms with Crippen molar-refractivity contribution in [2.45, 2.75) is 96.0 Å². The molecular weight excluding hydrogens is 370 g/mol. The summed E-state index contributed by atoms with van der Waals surface area (Å²) >= 11 is 0. The molecule has 0 saturated heterocycles. The van der Waals surface area contributed by atoms with Gasteiger partial charge in [-0.05, 0) is 93.6 Å². The normalized spacial score (nSPS) is 26.9. The van der Waals surface area contributed by atoms with E-state index in [1.807, 2.05) is 12.1 Å². The van der Waals surface area contributed by atoms with Gasteiger partial charge in [0.25, 0.3) is 0 Å². The molecule has 0 spiro atoms. The fourth-order valence-corrected chi connectivity index (χ4v) is 5.17. The maximum atomic E-state index is 12.7. The van der Waals surface area contributed by atoms with Gasteiger partial charge >= 0.3 is 5.97 Å². The predicted octanol–water partition coefficient (Wildman–Crippen LogP) is 6.87. The van der Waals surface area contributed by atoms with Crippen molar-refractivity contribution in [3.63, 3.8) is 0 Å². The van der Waals surface area contributed by atoms with Crippen LogP contribution in [0.5, 0.6) is 0 Å². The molecule has 0 bridgehead atoms. The Kier molecular flexibility index (Phi) is 9.00. The Morgan fingerprint density at radius 3 is 2.40 bits per heavy atom. The highest BCUT2D eigenvalue weighted by Crippen LogP contribution is 2.36. The Morgan fingerprint density at radius 2 is 1.77 bits per heavy atom. The van der Waals surface area contributed by atoms with Crippen LogP contribution in [0.25, 0.3) is 0 Å². The lowest BCUT2D eigenvalue weighted by Gasteiger charge is -2.31. The number of benzene rings is 1. The SMILES string of the molecule is CCCc1ccc([C@H]2CC[C@H](OC(=O)[C@H]3CC[C@H](CCC=CC#N)CC3)CC2)cc1. The van der Waals surface area contributed by atoms with E-state index < -0.39 is 0 Å². The van der Waals surface area contributed by atoms with Crippen molar-refractivity contribution in [3.8, 4) is 6.07 Å². The third-order valence-corrected chi connectivity index (χ3v) is 7.06. The third-order valence-electron chi connectivity index (χ3n) is 7.06. The Labute approximate surface area is 182 Å². The fraction of sp³-hybridized carbons (Fsp3) is 0.630. The number of nitriles is 1. The number of hydrogen-bond acceptors (Lipinski definition) is 3. The maximum Gasteiger partial charge on any atom is 0.309 e. The molecule has 0 aromatic heterocycles. The zero-order valence-corrected chi connectivity index (χ0v) is 18.5. The first-order valence-corrected chi connectivity index (χ1v) is 12.0. The molecule has 1 aromatic carbocycles. The predicted molar refractivity (Wildman–Crippen MR) is 121 cm³/mol. The molecule has 2 aliphatic carbocycles. The lowest BCUT2D eigenvalue weighted by Crippen LogP contribution is -2.29. The molecule has 30 heavy (non-hydrogen) atoms. The minimum absolute atomic E-state index is 0.0465. The first-order valence-electron chi connectivity index (χ1n) is 12.0. The van der Waals surface area contributed by atoms with Crippen LogP contribution in [0, 0.1) is 23.2 Å². The van der Waals surface area contributed by atoms with Crippen LogP contribution < -0.4 is 0 Å². The number of hydrogen-bond donors (Lipinski definition) is 0. The molecule has 2 fully saturated rings. The zero-order chi connectivity index (χ0) is 21.2. The Morgan fingerprint density at radius 1 is 1.07 bits per heavy atom. The van der Waals surface area contributed by atoms with Gasteiger partial charge in [0.15, 0.2) is 0 Å². The van der Waals surface area contributed by atoms with Crippen LogP contribution in [-0.4, -0.2) is 12.1 Å². The summed E-state index contributed by atoms with van der Waals surface area (Å²) in [7, 11) is 0. The van der Waals surface area contributed by atoms with Gasteiger partial charge in [-0.3, -0.25) is 4.79 Å². The molecule has 2 saturated carbocycles. The smallest absolute Gasteiger partial charge is 0.309 e. The molecule has 1 aromatic rings. The van der Waals surface area contributed by atoms with Crippen LogP contribution >= 0.6 is 0 Å². The summed E-state index contributed by atoms with van der Waals surface area (Å²) in [6, 6.07) is 11.2. The van der Waals surface area contributed by atoms with E-state index in [-0.39, 0.29) is 18.0 Å². The highest BCUT2D eigenvalue weighted by molar-refractivity contribution is 5.72. The van der Waals surface area contributed by atoms with Crippen LogP contribution in [0.3, 0.4) is 0 Å². The monoisotopic (exact) mass is 407 g/mol. The Balaban J connectivity index is 1.36. The van der Waals surface area contributed by atoms with Gasteiger partial charge in [-0.2, -0.15) is 5.26 Å². The molecule has 2 aliphatic rings. The van der Waals surface area contributed by atoms with Gasteiger partial charge in [0, 0.05) is 6.08 Å². The second kappa shape index (κ2) is 11.9. The van der Waals surface area contributed by atoms with Crippen LogP contribution in [0.15, 0.2) is 36.4 Å². The first-order chi connectivity index (χ1) is 14.7. The number of aryl methyl sites for hydroxylation is 1. The van der Waals surface area contributed by atoms with Crippen LogP contribution in [-0.2, 0) is 16.0 Å². The summed E-state index contributed by atoms with van der Waals surface area (Å²) < 4.78 is 5.93. The summed E-state index contributed by atoms with van der Waals surface area (Å²) in [4.78, 5) is 12.7. The van der Waals surface area contributed by atoms with Crippen LogP contribution in [0.1, 0.15) is 94.6 Å². The lowest BCUT2D eigenvalue weighted by atomic mass is 9.79. The fourth-order valence-electron chi connectivity index (χ4n) is 5.17. The summed E-state index contributed by atoms with van der Waals surface area (Å²) in [5.41, 5.74) is 2.87. The number of carbonyl (C=O) groups is 1. The van der Waals surface area contributed by atoms with Crippen molar-refractivity contribution in [2.24, 2.45) is 11.8 Å². The van der Waals surface area contributed by atoms with Gasteiger partial charge in [0.05, 0.1) is 12.0 Å². The molecule has 0 amide bonds. The van der Waals surface area contributed by atoms with E-state index in [1.165, 1.54) is 17.5 Å². The molecule has 3 nitrogen and oxygen atoms in total. The molecule has 0 radical (unpaired) electrons. The summed E-state index contributed by atoms with van der Waals surface area (Å²) in [5, 5.41) is 8.55. The Hall–Kier alpha value is -2.08. The summed E-state index contributed by atoms with van der Waals surface area (Å²) in [5.74, 6) is 1.45. The molecule has 0 atom stereocenters. The molecule has 0 N–H and O–H groups in total. The van der Waals surface area contributed by atoms with Crippen molar-refractivity contribution >= 4 is 5.97 Å². The van der Waals surface area contributed by atoms with E-state index >= 15 is 0 Å². The molecule has 3 heteroatoms. The van der Waals surface area contributed by atoms with Gasteiger partial charge < -0.3 is 4.74 Å². The number of nitrogens with zero attached hydrogens (tertiary/aromatic N) is 1. The van der Waals surface area contributed by atoms with E-state index in [0.29, 0.717) is 11.8 Å². The van der Waals surface area contributed by atoms with Crippen molar-refractivity contribution in [3.05, 3.63) is 47.5 Å². The van der Waals surface area contributed by atoms with Crippen molar-refractivity contribution in [2.75, 3.05) is 0 Å². The number of allylic oxidation sites excluding steroid dienone is 2. The van der Waals surface area contributed by atoms with E-state index in [9.17, 15) is 4.79 Å². The van der Waals surface area contributed by atoms with Crippen LogP contribution in [0.2, 0.25) is 0 Å². The van der Waals surface area contributed by atoms with Gasteiger partial charge in [0.2, 0.25) is 0 Å². The second-order valence-electron chi connectivity index (χ2n) is 9.23. The molecular formula is C27H37NO2. The van der Waals surface area contributed by atoms with Gasteiger partial charge in [-0.15, -0.1) is 0 Å². The van der Waals surface area contributed by atoms with Crippen LogP contribution in [0.4, 0.5) is 0 Å². The van der Waals surface area contributed by atoms with Gasteiger partial charge in [-0.25, -0.2) is 0 Å². The number of esters is 1. The molecule has 3 rings (SSSR count). The summed E-state index contributed by atoms with van der Waals surface area (Å²) in [6.45, 7) is 2.22. The average Bonchev–Trinajstić information content (AvgIpc) is 2.78. The summed E-state index contributed by atoms with van der Waals surface area (Å²) in [6.07, 6.45) is 16.5. The number of rotatable bonds is 8. The highest BCUT2D eigenvalue weighted by atomic mass is 16.5. The minimum atomic E-state index is 0.0465. The standard InChI is InChI=1S/C27H37NO2/c1-2-6-21-8-12-23(13-9-21)24-16-18-26(19-17-24)30-27(29)25-14-10-22(11-15-25)7-4-3-5-20-28/h3,5,8-9,12-13,22,24-26H,2,4,6-7,10-11,14-19H2,1H3/t22-,24-,25-,26-. The van der Waals surface area contributed by atoms with Gasteiger partial charge in [0.1, 0.15) is 6.10 Å². The van der Waals surface area contributed by atoms with Crippen molar-refractivity contribution in [1.82, 2.24) is 0 Å². The second-order valence-corrected chi connectivity index (χ2v) is 9.23. The third kappa shape index (κ3) is 6.73. The minimum Gasteiger partial charge on any atom is -0.462 e. The zero-order valence-electron chi connectivity index (χ0n) is 18.5. The van der Waals surface area contributed by atoms with Gasteiger partial charge in [-0.1, -0.05) is 43.7 Å². The van der Waals surface area contributed by atoms with E-state index in [0.717, 1.165) is 70.6 Å². The first kappa shape index (κ1) is 22.6. The van der Waals surface area contributed by atoms with E-state index in [4.69, 9.17) is 10.00 Å². The van der Waals surface area contributed by atoms with Crippen molar-refractivity contribution < 1.29 is 9.53 Å². The molecule has 0 aliphatic heterocycles. The topological polar surface area (TPSA) is 50.1 Å².